The van der Waals surface area contributed by atoms with E-state index in [1.54, 1.807) is 37.3 Å². The van der Waals surface area contributed by atoms with Gasteiger partial charge in [0.05, 0.1) is 6.61 Å². The Labute approximate surface area is 108 Å². The number of hydrogen-bond acceptors (Lipinski definition) is 4. The van der Waals surface area contributed by atoms with Crippen LogP contribution in [0.25, 0.3) is 11.5 Å². The summed E-state index contributed by atoms with van der Waals surface area (Å²) in [6, 6.07) is 8.50. The quantitative estimate of drug-likeness (QED) is 0.796. The minimum absolute atomic E-state index is 0.0287. The van der Waals surface area contributed by atoms with E-state index >= 15 is 0 Å². The van der Waals surface area contributed by atoms with E-state index in [-0.39, 0.29) is 12.5 Å². The van der Waals surface area contributed by atoms with Gasteiger partial charge in [-0.1, -0.05) is 18.2 Å². The molecule has 1 heterocycles. The van der Waals surface area contributed by atoms with Gasteiger partial charge in [0, 0.05) is 5.56 Å². The summed E-state index contributed by atoms with van der Waals surface area (Å²) >= 11 is 0. The van der Waals surface area contributed by atoms with Crippen molar-refractivity contribution >= 4 is 5.97 Å². The third-order valence-corrected chi connectivity index (χ3v) is 2.34. The summed E-state index contributed by atoms with van der Waals surface area (Å²) in [4.78, 5) is 15.2. The minimum atomic E-state index is -2.90. The molecule has 0 aliphatic heterocycles. The second-order valence-corrected chi connectivity index (χ2v) is 3.62. The van der Waals surface area contributed by atoms with Gasteiger partial charge in [0.1, 0.15) is 0 Å². The third kappa shape index (κ3) is 2.78. The molecule has 0 saturated heterocycles. The molecule has 0 aliphatic rings. The predicted octanol–water partition coefficient (Wildman–Crippen LogP) is 3.46. The first-order valence-corrected chi connectivity index (χ1v) is 5.65. The molecule has 2 aromatic rings. The number of esters is 1. The maximum Gasteiger partial charge on any atom is 0.376 e. The first-order chi connectivity index (χ1) is 9.13. The minimum Gasteiger partial charge on any atom is -0.460 e. The van der Waals surface area contributed by atoms with E-state index in [2.05, 4.69) is 9.72 Å². The zero-order chi connectivity index (χ0) is 13.8. The third-order valence-electron chi connectivity index (χ3n) is 2.34. The van der Waals surface area contributed by atoms with Crippen LogP contribution in [0.4, 0.5) is 8.78 Å². The zero-order valence-corrected chi connectivity index (χ0v) is 10.1. The first kappa shape index (κ1) is 13.2. The molecule has 1 aromatic heterocycles. The van der Waals surface area contributed by atoms with Gasteiger partial charge in [-0.15, -0.1) is 0 Å². The lowest BCUT2D eigenvalue weighted by atomic mass is 10.2. The molecule has 19 heavy (non-hydrogen) atoms. The molecular formula is C13H11F2NO3. The summed E-state index contributed by atoms with van der Waals surface area (Å²) < 4.78 is 35.4. The van der Waals surface area contributed by atoms with Gasteiger partial charge in [-0.25, -0.2) is 18.6 Å². The SMILES string of the molecule is CCOC(=O)c1oc(-c2ccccc2)nc1C(F)F. The van der Waals surface area contributed by atoms with Crippen molar-refractivity contribution in [2.45, 2.75) is 13.3 Å². The second-order valence-electron chi connectivity index (χ2n) is 3.62. The van der Waals surface area contributed by atoms with E-state index in [0.717, 1.165) is 0 Å². The average Bonchev–Trinajstić information content (AvgIpc) is 2.85. The Morgan fingerprint density at radius 2 is 2.05 bits per heavy atom. The number of hydrogen-bond donors (Lipinski definition) is 0. The Morgan fingerprint density at radius 3 is 2.63 bits per heavy atom. The van der Waals surface area contributed by atoms with Gasteiger partial charge in [-0.05, 0) is 19.1 Å². The Bertz CT molecular complexity index is 567. The van der Waals surface area contributed by atoms with Crippen molar-refractivity contribution in [1.82, 2.24) is 4.98 Å². The predicted molar refractivity (Wildman–Crippen MR) is 62.9 cm³/mol. The van der Waals surface area contributed by atoms with Crippen LogP contribution in [0, 0.1) is 0 Å². The van der Waals surface area contributed by atoms with E-state index in [4.69, 9.17) is 4.42 Å². The van der Waals surface area contributed by atoms with E-state index in [1.807, 2.05) is 0 Å². The van der Waals surface area contributed by atoms with Crippen LogP contribution in [0.2, 0.25) is 0 Å². The first-order valence-electron chi connectivity index (χ1n) is 5.65. The molecule has 6 heteroatoms. The van der Waals surface area contributed by atoms with Gasteiger partial charge in [-0.2, -0.15) is 0 Å². The summed E-state index contributed by atoms with van der Waals surface area (Å²) in [5.41, 5.74) is -0.183. The van der Waals surface area contributed by atoms with Crippen LogP contribution in [-0.2, 0) is 4.74 Å². The van der Waals surface area contributed by atoms with Crippen LogP contribution in [0.5, 0.6) is 0 Å². The Hall–Kier alpha value is -2.24. The fraction of sp³-hybridized carbons (Fsp3) is 0.231. The van der Waals surface area contributed by atoms with Gasteiger partial charge in [0.25, 0.3) is 6.43 Å². The molecule has 0 amide bonds. The number of alkyl halides is 2. The van der Waals surface area contributed by atoms with Gasteiger partial charge in [0.2, 0.25) is 11.7 Å². The number of nitrogens with zero attached hydrogens (tertiary/aromatic N) is 1. The highest BCUT2D eigenvalue weighted by Gasteiger charge is 2.27. The molecule has 0 aliphatic carbocycles. The van der Waals surface area contributed by atoms with Crippen LogP contribution >= 0.6 is 0 Å². The van der Waals surface area contributed by atoms with Crippen LogP contribution in [0.1, 0.15) is 29.6 Å². The maximum absolute atomic E-state index is 12.8. The number of halogens is 2. The monoisotopic (exact) mass is 267 g/mol. The van der Waals surface area contributed by atoms with Crippen LogP contribution < -0.4 is 0 Å². The lowest BCUT2D eigenvalue weighted by molar-refractivity contribution is 0.0476. The lowest BCUT2D eigenvalue weighted by Gasteiger charge is -1.99. The van der Waals surface area contributed by atoms with E-state index in [0.29, 0.717) is 5.56 Å². The summed E-state index contributed by atoms with van der Waals surface area (Å²) in [5, 5.41) is 0. The topological polar surface area (TPSA) is 52.3 Å². The molecule has 100 valence electrons. The molecule has 4 nitrogen and oxygen atoms in total. The van der Waals surface area contributed by atoms with Gasteiger partial charge < -0.3 is 9.15 Å². The van der Waals surface area contributed by atoms with Crippen molar-refractivity contribution in [3.05, 3.63) is 41.8 Å². The molecular weight excluding hydrogens is 256 g/mol. The molecule has 0 saturated carbocycles. The largest absolute Gasteiger partial charge is 0.460 e. The molecule has 0 spiro atoms. The van der Waals surface area contributed by atoms with Crippen molar-refractivity contribution in [1.29, 1.82) is 0 Å². The molecule has 0 atom stereocenters. The molecule has 0 unspecified atom stereocenters. The Balaban J connectivity index is 2.44. The van der Waals surface area contributed by atoms with Crippen molar-refractivity contribution in [2.24, 2.45) is 0 Å². The van der Waals surface area contributed by atoms with Crippen molar-refractivity contribution in [3.63, 3.8) is 0 Å². The van der Waals surface area contributed by atoms with Gasteiger partial charge in [0.15, 0.2) is 5.69 Å². The lowest BCUT2D eigenvalue weighted by Crippen LogP contribution is -2.06. The Morgan fingerprint density at radius 1 is 1.37 bits per heavy atom. The highest BCUT2D eigenvalue weighted by molar-refractivity contribution is 5.88. The maximum atomic E-state index is 12.8. The number of benzene rings is 1. The summed E-state index contributed by atoms with van der Waals surface area (Å²) in [5.74, 6) is -1.51. The number of ether oxygens (including phenoxy) is 1. The fourth-order valence-electron chi connectivity index (χ4n) is 1.53. The fourth-order valence-corrected chi connectivity index (χ4v) is 1.53. The normalized spacial score (nSPS) is 10.7. The number of carbonyl (C=O) groups is 1. The Kier molecular flexibility index (Phi) is 3.89. The van der Waals surface area contributed by atoms with Crippen molar-refractivity contribution in [2.75, 3.05) is 6.61 Å². The van der Waals surface area contributed by atoms with Gasteiger partial charge in [-0.3, -0.25) is 0 Å². The molecule has 2 rings (SSSR count). The van der Waals surface area contributed by atoms with Crippen molar-refractivity contribution < 1.29 is 22.7 Å². The molecule has 0 fully saturated rings. The standard InChI is InChI=1S/C13H11F2NO3/c1-2-18-13(17)10-9(11(14)15)16-12(19-10)8-6-4-3-5-7-8/h3-7,11H,2H2,1H3. The van der Waals surface area contributed by atoms with Crippen molar-refractivity contribution in [3.8, 4) is 11.5 Å². The average molecular weight is 267 g/mol. The second kappa shape index (κ2) is 5.60. The highest BCUT2D eigenvalue weighted by atomic mass is 19.3. The number of aromatic nitrogens is 1. The number of rotatable bonds is 4. The summed E-state index contributed by atoms with van der Waals surface area (Å²) in [6.07, 6.45) is -2.90. The zero-order valence-electron chi connectivity index (χ0n) is 10.1. The highest BCUT2D eigenvalue weighted by Crippen LogP contribution is 2.28. The molecule has 0 bridgehead atoms. The van der Waals surface area contributed by atoms with E-state index < -0.39 is 23.8 Å². The number of carbonyl (C=O) groups excluding carboxylic acids is 1. The summed E-state index contributed by atoms with van der Waals surface area (Å²) in [7, 11) is 0. The molecule has 1 aromatic carbocycles. The molecule has 0 N–H and O–H groups in total. The summed E-state index contributed by atoms with van der Waals surface area (Å²) in [6.45, 7) is 1.65. The molecule has 0 radical (unpaired) electrons. The van der Waals surface area contributed by atoms with E-state index in [9.17, 15) is 13.6 Å². The smallest absolute Gasteiger partial charge is 0.376 e. The number of oxazole rings is 1. The van der Waals surface area contributed by atoms with Crippen LogP contribution in [-0.4, -0.2) is 17.6 Å². The van der Waals surface area contributed by atoms with Crippen LogP contribution in [0.3, 0.4) is 0 Å². The van der Waals surface area contributed by atoms with Crippen LogP contribution in [0.15, 0.2) is 34.7 Å². The van der Waals surface area contributed by atoms with Gasteiger partial charge >= 0.3 is 5.97 Å². The van der Waals surface area contributed by atoms with E-state index in [1.165, 1.54) is 0 Å².